The molecule has 7 heteroatoms. The Balaban J connectivity index is 2.34. The number of rotatable bonds is 2. The molecule has 102 valence electrons. The Morgan fingerprint density at radius 1 is 1.32 bits per heavy atom. The zero-order valence-electron chi connectivity index (χ0n) is 9.83. The van der Waals surface area contributed by atoms with Crippen molar-refractivity contribution in [1.82, 2.24) is 4.98 Å². The third-order valence-electron chi connectivity index (χ3n) is 2.56. The van der Waals surface area contributed by atoms with E-state index in [-0.39, 0.29) is 10.4 Å². The molecule has 0 fully saturated rings. The Morgan fingerprint density at radius 3 is 2.53 bits per heavy atom. The van der Waals surface area contributed by atoms with Crippen LogP contribution < -0.4 is 5.73 Å². The fourth-order valence-corrected chi connectivity index (χ4v) is 2.40. The molecule has 1 aromatic heterocycles. The van der Waals surface area contributed by atoms with Gasteiger partial charge in [0, 0.05) is 16.6 Å². The van der Waals surface area contributed by atoms with Crippen LogP contribution in [0.25, 0.3) is 0 Å². The summed E-state index contributed by atoms with van der Waals surface area (Å²) in [5.41, 5.74) is 6.66. The number of alkyl halides is 3. The van der Waals surface area contributed by atoms with Crippen LogP contribution in [0.1, 0.15) is 27.1 Å². The van der Waals surface area contributed by atoms with Gasteiger partial charge in [-0.3, -0.25) is 0 Å². The van der Waals surface area contributed by atoms with Gasteiger partial charge in [0.1, 0.15) is 5.82 Å². The van der Waals surface area contributed by atoms with Gasteiger partial charge in [-0.15, -0.1) is 11.3 Å². The average molecular weight is 290 g/mol. The van der Waals surface area contributed by atoms with Gasteiger partial charge in [-0.1, -0.05) is 12.1 Å². The van der Waals surface area contributed by atoms with Gasteiger partial charge in [0.05, 0.1) is 6.04 Å². The van der Waals surface area contributed by atoms with Gasteiger partial charge in [-0.25, -0.2) is 9.37 Å². The molecular weight excluding hydrogens is 280 g/mol. The zero-order valence-corrected chi connectivity index (χ0v) is 10.6. The maximum absolute atomic E-state index is 13.7. The fraction of sp³-hybridized carbons (Fsp3) is 0.250. The van der Waals surface area contributed by atoms with Gasteiger partial charge in [-0.05, 0) is 18.6 Å². The molecule has 0 aliphatic carbocycles. The number of nitrogens with zero attached hydrogens (tertiary/aromatic N) is 1. The molecule has 0 saturated carbocycles. The monoisotopic (exact) mass is 290 g/mol. The number of aromatic nitrogens is 1. The molecule has 1 heterocycles. The molecule has 19 heavy (non-hydrogen) atoms. The average Bonchev–Trinajstić information content (AvgIpc) is 2.76. The molecule has 2 N–H and O–H groups in total. The van der Waals surface area contributed by atoms with E-state index in [1.54, 1.807) is 13.0 Å². The van der Waals surface area contributed by atoms with E-state index in [1.165, 1.54) is 12.1 Å². The number of hydrogen-bond donors (Lipinski definition) is 1. The second kappa shape index (κ2) is 4.90. The summed E-state index contributed by atoms with van der Waals surface area (Å²) in [4.78, 5) is 3.45. The Morgan fingerprint density at radius 2 is 2.00 bits per heavy atom. The van der Waals surface area contributed by atoms with Crippen molar-refractivity contribution in [3.05, 3.63) is 51.2 Å². The van der Waals surface area contributed by atoms with Crippen LogP contribution in [0.15, 0.2) is 24.4 Å². The first kappa shape index (κ1) is 14.0. The number of thiazole rings is 1. The van der Waals surface area contributed by atoms with Gasteiger partial charge in [0.2, 0.25) is 0 Å². The molecule has 0 bridgehead atoms. The van der Waals surface area contributed by atoms with E-state index in [4.69, 9.17) is 5.73 Å². The standard InChI is InChI=1S/C12H10F4N2S/c1-6-2-3-7(8(13)4-6)10(17)9-5-18-11(19-9)12(14,15)16/h2-5,10H,17H2,1H3. The highest BCUT2D eigenvalue weighted by atomic mass is 32.1. The summed E-state index contributed by atoms with van der Waals surface area (Å²) in [6.45, 7) is 1.72. The summed E-state index contributed by atoms with van der Waals surface area (Å²) in [6, 6.07) is 3.47. The van der Waals surface area contributed by atoms with E-state index in [9.17, 15) is 17.6 Å². The molecule has 1 unspecified atom stereocenters. The Bertz CT molecular complexity index is 592. The van der Waals surface area contributed by atoms with Crippen molar-refractivity contribution in [3.63, 3.8) is 0 Å². The van der Waals surface area contributed by atoms with Crippen LogP contribution in [0.5, 0.6) is 0 Å². The number of aryl methyl sites for hydroxylation is 1. The van der Waals surface area contributed by atoms with Crippen LogP contribution in [0.4, 0.5) is 17.6 Å². The number of hydrogen-bond acceptors (Lipinski definition) is 3. The Labute approximate surface area is 110 Å². The summed E-state index contributed by atoms with van der Waals surface area (Å²) in [7, 11) is 0. The molecule has 0 aliphatic rings. The van der Waals surface area contributed by atoms with Gasteiger partial charge in [0.15, 0.2) is 5.01 Å². The van der Waals surface area contributed by atoms with Crippen LogP contribution in [0, 0.1) is 12.7 Å². The van der Waals surface area contributed by atoms with E-state index in [1.807, 2.05) is 0 Å². The third kappa shape index (κ3) is 2.93. The van der Waals surface area contributed by atoms with Crippen molar-refractivity contribution < 1.29 is 17.6 Å². The highest BCUT2D eigenvalue weighted by Crippen LogP contribution is 2.35. The molecule has 2 nitrogen and oxygen atoms in total. The predicted octanol–water partition coefficient (Wildman–Crippen LogP) is 3.66. The molecular formula is C12H10F4N2S. The highest BCUT2D eigenvalue weighted by molar-refractivity contribution is 7.11. The Kier molecular flexibility index (Phi) is 3.60. The summed E-state index contributed by atoms with van der Waals surface area (Å²) in [5, 5.41) is -0.981. The number of nitrogens with two attached hydrogens (primary N) is 1. The van der Waals surface area contributed by atoms with Crippen molar-refractivity contribution >= 4 is 11.3 Å². The largest absolute Gasteiger partial charge is 0.443 e. The predicted molar refractivity (Wildman–Crippen MR) is 64.3 cm³/mol. The van der Waals surface area contributed by atoms with Crippen LogP contribution in [-0.4, -0.2) is 4.98 Å². The quantitative estimate of drug-likeness (QED) is 0.857. The lowest BCUT2D eigenvalue weighted by molar-refractivity contribution is -0.137. The maximum Gasteiger partial charge on any atom is 0.443 e. The van der Waals surface area contributed by atoms with Gasteiger partial charge >= 0.3 is 6.18 Å². The lowest BCUT2D eigenvalue weighted by Gasteiger charge is -2.11. The van der Waals surface area contributed by atoms with Crippen molar-refractivity contribution in [2.24, 2.45) is 5.73 Å². The van der Waals surface area contributed by atoms with E-state index in [0.717, 1.165) is 6.20 Å². The molecule has 0 radical (unpaired) electrons. The second-order valence-corrected chi connectivity index (χ2v) is 5.13. The van der Waals surface area contributed by atoms with Crippen molar-refractivity contribution in [3.8, 4) is 0 Å². The topological polar surface area (TPSA) is 38.9 Å². The molecule has 0 spiro atoms. The first-order valence-electron chi connectivity index (χ1n) is 5.33. The van der Waals surface area contributed by atoms with Crippen molar-refractivity contribution in [1.29, 1.82) is 0 Å². The van der Waals surface area contributed by atoms with E-state index in [2.05, 4.69) is 4.98 Å². The van der Waals surface area contributed by atoms with Crippen LogP contribution >= 0.6 is 11.3 Å². The lowest BCUT2D eigenvalue weighted by Crippen LogP contribution is -2.12. The minimum atomic E-state index is -4.51. The van der Waals surface area contributed by atoms with Crippen LogP contribution in [0.2, 0.25) is 0 Å². The third-order valence-corrected chi connectivity index (χ3v) is 3.69. The normalized spacial score (nSPS) is 13.6. The summed E-state index contributed by atoms with van der Waals surface area (Å²) < 4.78 is 51.0. The summed E-state index contributed by atoms with van der Waals surface area (Å²) in [6.07, 6.45) is -3.47. The SMILES string of the molecule is Cc1ccc(C(N)c2cnc(C(F)(F)F)s2)c(F)c1. The number of halogens is 4. The minimum Gasteiger partial charge on any atom is -0.319 e. The van der Waals surface area contributed by atoms with Gasteiger partial charge < -0.3 is 5.73 Å². The molecule has 0 saturated heterocycles. The highest BCUT2D eigenvalue weighted by Gasteiger charge is 2.35. The van der Waals surface area contributed by atoms with E-state index < -0.39 is 23.0 Å². The number of benzene rings is 1. The molecule has 0 amide bonds. The lowest BCUT2D eigenvalue weighted by atomic mass is 10.0. The zero-order chi connectivity index (χ0) is 14.2. The maximum atomic E-state index is 13.7. The van der Waals surface area contributed by atoms with Gasteiger partial charge in [-0.2, -0.15) is 13.2 Å². The Hall–Kier alpha value is -1.47. The molecule has 1 aromatic carbocycles. The summed E-state index contributed by atoms with van der Waals surface area (Å²) in [5.74, 6) is -0.533. The smallest absolute Gasteiger partial charge is 0.319 e. The van der Waals surface area contributed by atoms with Gasteiger partial charge in [0.25, 0.3) is 0 Å². The van der Waals surface area contributed by atoms with Crippen LogP contribution in [-0.2, 0) is 6.18 Å². The fourth-order valence-electron chi connectivity index (χ4n) is 1.60. The first-order valence-corrected chi connectivity index (χ1v) is 6.15. The van der Waals surface area contributed by atoms with E-state index >= 15 is 0 Å². The van der Waals surface area contributed by atoms with E-state index in [0.29, 0.717) is 16.9 Å². The molecule has 2 rings (SSSR count). The molecule has 0 aliphatic heterocycles. The molecule has 1 atom stereocenters. The first-order chi connectivity index (χ1) is 8.79. The van der Waals surface area contributed by atoms with Crippen molar-refractivity contribution in [2.45, 2.75) is 19.1 Å². The summed E-state index contributed by atoms with van der Waals surface area (Å²) >= 11 is 0.428. The van der Waals surface area contributed by atoms with Crippen molar-refractivity contribution in [2.75, 3.05) is 0 Å². The second-order valence-electron chi connectivity index (χ2n) is 4.07. The van der Waals surface area contributed by atoms with Crippen LogP contribution in [0.3, 0.4) is 0 Å². The molecule has 2 aromatic rings. The minimum absolute atomic E-state index is 0.156.